The lowest BCUT2D eigenvalue weighted by molar-refractivity contribution is -0.140. The number of nitrogens with one attached hydrogen (secondary N) is 1. The number of amides is 2. The van der Waals surface area contributed by atoms with Gasteiger partial charge in [-0.15, -0.1) is 0 Å². The largest absolute Gasteiger partial charge is 0.352 e. The van der Waals surface area contributed by atoms with Crippen molar-refractivity contribution in [1.29, 1.82) is 0 Å². The van der Waals surface area contributed by atoms with Crippen LogP contribution in [0.5, 0.6) is 0 Å². The number of carbonyl (C=O) groups is 2. The molecule has 3 aromatic rings. The number of aryl methyl sites for hydroxylation is 1. The van der Waals surface area contributed by atoms with Crippen LogP contribution < -0.4 is 9.62 Å². The minimum absolute atomic E-state index is 0.0371. The standard InChI is InChI=1S/C30H36ClN3O4S/c1-5-23(3)32-30(36)28(19-24-13-7-6-8-14-24)33(20-25-15-9-10-17-27(25)31)29(35)21-34(39(4,37)38)26-16-11-12-22(2)18-26/h6-18,23,28H,5,19-21H2,1-4H3,(H,32,36)/t23-,28-/m0/s1. The number of rotatable bonds is 12. The second-order valence-corrected chi connectivity index (χ2v) is 12.1. The predicted molar refractivity (Wildman–Crippen MR) is 157 cm³/mol. The first-order valence-corrected chi connectivity index (χ1v) is 15.1. The molecule has 0 aliphatic carbocycles. The Hall–Kier alpha value is -3.36. The van der Waals surface area contributed by atoms with Crippen molar-refractivity contribution in [2.75, 3.05) is 17.1 Å². The normalized spacial score (nSPS) is 12.8. The van der Waals surface area contributed by atoms with E-state index in [4.69, 9.17) is 11.6 Å². The van der Waals surface area contributed by atoms with E-state index in [9.17, 15) is 18.0 Å². The van der Waals surface area contributed by atoms with Gasteiger partial charge in [-0.2, -0.15) is 0 Å². The van der Waals surface area contributed by atoms with E-state index < -0.39 is 28.5 Å². The maximum absolute atomic E-state index is 14.1. The summed E-state index contributed by atoms with van der Waals surface area (Å²) in [7, 11) is -3.81. The fraction of sp³-hybridized carbons (Fsp3) is 0.333. The first-order chi connectivity index (χ1) is 18.5. The van der Waals surface area contributed by atoms with Crippen LogP contribution in [0.3, 0.4) is 0 Å². The Kier molecular flexibility index (Phi) is 10.5. The molecule has 0 saturated carbocycles. The minimum Gasteiger partial charge on any atom is -0.352 e. The lowest BCUT2D eigenvalue weighted by Gasteiger charge is -2.34. The summed E-state index contributed by atoms with van der Waals surface area (Å²) in [5.41, 5.74) is 2.77. The molecule has 0 radical (unpaired) electrons. The van der Waals surface area contributed by atoms with E-state index in [1.165, 1.54) is 4.90 Å². The summed E-state index contributed by atoms with van der Waals surface area (Å²) in [6.45, 7) is 5.30. The van der Waals surface area contributed by atoms with Gasteiger partial charge in [0, 0.05) is 24.0 Å². The molecule has 0 unspecified atom stereocenters. The molecule has 9 heteroatoms. The second-order valence-electron chi connectivity index (χ2n) is 9.75. The lowest BCUT2D eigenvalue weighted by Crippen LogP contribution is -2.54. The average molecular weight is 570 g/mol. The summed E-state index contributed by atoms with van der Waals surface area (Å²) in [5.74, 6) is -0.822. The summed E-state index contributed by atoms with van der Waals surface area (Å²) in [6.07, 6.45) is 2.04. The zero-order valence-electron chi connectivity index (χ0n) is 22.8. The van der Waals surface area contributed by atoms with Gasteiger partial charge in [-0.3, -0.25) is 13.9 Å². The number of anilines is 1. The van der Waals surface area contributed by atoms with Gasteiger partial charge in [-0.1, -0.05) is 79.2 Å². The molecular formula is C30H36ClN3O4S. The first-order valence-electron chi connectivity index (χ1n) is 12.9. The predicted octanol–water partition coefficient (Wildman–Crippen LogP) is 4.97. The lowest BCUT2D eigenvalue weighted by atomic mass is 10.0. The Morgan fingerprint density at radius 2 is 1.64 bits per heavy atom. The van der Waals surface area contributed by atoms with Crippen molar-refractivity contribution in [3.05, 3.63) is 101 Å². The van der Waals surface area contributed by atoms with E-state index in [0.717, 1.165) is 28.1 Å². The van der Waals surface area contributed by atoms with Crippen LogP contribution in [0.25, 0.3) is 0 Å². The third-order valence-electron chi connectivity index (χ3n) is 6.54. The van der Waals surface area contributed by atoms with Gasteiger partial charge in [0.05, 0.1) is 11.9 Å². The number of benzene rings is 3. The van der Waals surface area contributed by atoms with Gasteiger partial charge in [-0.25, -0.2) is 8.42 Å². The molecule has 1 N–H and O–H groups in total. The van der Waals surface area contributed by atoms with Gasteiger partial charge in [0.25, 0.3) is 0 Å². The highest BCUT2D eigenvalue weighted by Gasteiger charge is 2.33. The summed E-state index contributed by atoms with van der Waals surface area (Å²) < 4.78 is 26.8. The Balaban J connectivity index is 2.07. The van der Waals surface area contributed by atoms with E-state index in [-0.39, 0.29) is 24.9 Å². The Labute approximate surface area is 236 Å². The molecule has 0 aliphatic rings. The monoisotopic (exact) mass is 569 g/mol. The molecule has 0 heterocycles. The van der Waals surface area contributed by atoms with Crippen LogP contribution in [0.2, 0.25) is 5.02 Å². The van der Waals surface area contributed by atoms with E-state index in [2.05, 4.69) is 5.32 Å². The topological polar surface area (TPSA) is 86.8 Å². The quantitative estimate of drug-likeness (QED) is 0.334. The van der Waals surface area contributed by atoms with Crippen LogP contribution in [-0.2, 0) is 32.6 Å². The molecule has 0 saturated heterocycles. The number of sulfonamides is 1. The third kappa shape index (κ3) is 8.57. The maximum atomic E-state index is 14.1. The summed E-state index contributed by atoms with van der Waals surface area (Å²) >= 11 is 6.47. The number of halogens is 1. The molecule has 0 bridgehead atoms. The fourth-order valence-corrected chi connectivity index (χ4v) is 5.24. The molecule has 2 amide bonds. The van der Waals surface area contributed by atoms with Crippen LogP contribution in [-0.4, -0.2) is 50.0 Å². The van der Waals surface area contributed by atoms with Crippen LogP contribution in [0.4, 0.5) is 5.69 Å². The summed E-state index contributed by atoms with van der Waals surface area (Å²) in [6, 6.07) is 22.5. The molecule has 0 aromatic heterocycles. The molecule has 3 rings (SSSR count). The van der Waals surface area contributed by atoms with Gasteiger partial charge < -0.3 is 10.2 Å². The molecule has 0 spiro atoms. The van der Waals surface area contributed by atoms with Crippen LogP contribution in [0, 0.1) is 6.92 Å². The van der Waals surface area contributed by atoms with Gasteiger partial charge in [0.15, 0.2) is 0 Å². The molecule has 2 atom stereocenters. The van der Waals surface area contributed by atoms with Crippen molar-refractivity contribution in [3.8, 4) is 0 Å². The molecule has 0 aliphatic heterocycles. The Bertz CT molecular complexity index is 1380. The van der Waals surface area contributed by atoms with E-state index in [0.29, 0.717) is 16.3 Å². The van der Waals surface area contributed by atoms with Crippen molar-refractivity contribution in [2.24, 2.45) is 0 Å². The van der Waals surface area contributed by atoms with Crippen molar-refractivity contribution in [1.82, 2.24) is 10.2 Å². The van der Waals surface area contributed by atoms with Crippen molar-refractivity contribution >= 4 is 39.1 Å². The van der Waals surface area contributed by atoms with Gasteiger partial charge in [-0.05, 0) is 55.2 Å². The first kappa shape index (κ1) is 30.2. The second kappa shape index (κ2) is 13.6. The van der Waals surface area contributed by atoms with E-state index in [1.807, 2.05) is 63.2 Å². The average Bonchev–Trinajstić information content (AvgIpc) is 2.89. The summed E-state index contributed by atoms with van der Waals surface area (Å²) in [5, 5.41) is 3.46. The zero-order valence-corrected chi connectivity index (χ0v) is 24.4. The molecular weight excluding hydrogens is 534 g/mol. The maximum Gasteiger partial charge on any atom is 0.244 e. The number of carbonyl (C=O) groups excluding carboxylic acids is 2. The van der Waals surface area contributed by atoms with E-state index >= 15 is 0 Å². The molecule has 39 heavy (non-hydrogen) atoms. The highest BCUT2D eigenvalue weighted by molar-refractivity contribution is 7.92. The molecule has 3 aromatic carbocycles. The zero-order chi connectivity index (χ0) is 28.6. The van der Waals surface area contributed by atoms with Crippen molar-refractivity contribution < 1.29 is 18.0 Å². The number of nitrogens with zero attached hydrogens (tertiary/aromatic N) is 2. The SMILES string of the molecule is CC[C@H](C)NC(=O)[C@H](Cc1ccccc1)N(Cc1ccccc1Cl)C(=O)CN(c1cccc(C)c1)S(C)(=O)=O. The molecule has 208 valence electrons. The van der Waals surface area contributed by atoms with Crippen molar-refractivity contribution in [2.45, 2.75) is 52.2 Å². The fourth-order valence-electron chi connectivity index (χ4n) is 4.20. The van der Waals surface area contributed by atoms with Gasteiger partial charge >= 0.3 is 0 Å². The minimum atomic E-state index is -3.81. The van der Waals surface area contributed by atoms with Crippen molar-refractivity contribution in [3.63, 3.8) is 0 Å². The Morgan fingerprint density at radius 3 is 2.26 bits per heavy atom. The van der Waals surface area contributed by atoms with Crippen LogP contribution >= 0.6 is 11.6 Å². The highest BCUT2D eigenvalue weighted by atomic mass is 35.5. The highest BCUT2D eigenvalue weighted by Crippen LogP contribution is 2.23. The van der Waals surface area contributed by atoms with Gasteiger partial charge in [0.1, 0.15) is 12.6 Å². The van der Waals surface area contributed by atoms with Gasteiger partial charge in [0.2, 0.25) is 21.8 Å². The molecule has 0 fully saturated rings. The van der Waals surface area contributed by atoms with Crippen LogP contribution in [0.15, 0.2) is 78.9 Å². The van der Waals surface area contributed by atoms with Crippen LogP contribution in [0.1, 0.15) is 37.0 Å². The smallest absolute Gasteiger partial charge is 0.244 e. The van der Waals surface area contributed by atoms with E-state index in [1.54, 1.807) is 36.4 Å². The molecule has 7 nitrogen and oxygen atoms in total. The third-order valence-corrected chi connectivity index (χ3v) is 8.05. The Morgan fingerprint density at radius 1 is 0.974 bits per heavy atom. The summed E-state index contributed by atoms with van der Waals surface area (Å²) in [4.78, 5) is 29.2. The number of hydrogen-bond donors (Lipinski definition) is 1. The number of hydrogen-bond acceptors (Lipinski definition) is 4.